The highest BCUT2D eigenvalue weighted by Crippen LogP contribution is 2.29. The minimum atomic E-state index is 0.0273. The summed E-state index contributed by atoms with van der Waals surface area (Å²) in [4.78, 5) is 0. The number of rotatable bonds is 5. The molecule has 3 heteroatoms. The lowest BCUT2D eigenvalue weighted by atomic mass is 10.0. The molecule has 0 aliphatic heterocycles. The van der Waals surface area contributed by atoms with Gasteiger partial charge in [-0.05, 0) is 24.1 Å². The first-order valence-electron chi connectivity index (χ1n) is 5.31. The zero-order valence-corrected chi connectivity index (χ0v) is 9.36. The van der Waals surface area contributed by atoms with Crippen molar-refractivity contribution in [1.29, 1.82) is 0 Å². The Balaban J connectivity index is 2.76. The van der Waals surface area contributed by atoms with Crippen LogP contribution < -0.4 is 10.5 Å². The van der Waals surface area contributed by atoms with Crippen molar-refractivity contribution >= 4 is 0 Å². The van der Waals surface area contributed by atoms with Crippen LogP contribution in [0, 0.1) is 0 Å². The maximum atomic E-state index is 9.43. The van der Waals surface area contributed by atoms with E-state index >= 15 is 0 Å². The fourth-order valence-corrected chi connectivity index (χ4v) is 1.52. The predicted octanol–water partition coefficient (Wildman–Crippen LogP) is 2.59. The minimum Gasteiger partial charge on any atom is -0.504 e. The molecular weight excluding hydrogens is 190 g/mol. The second-order valence-corrected chi connectivity index (χ2v) is 3.68. The van der Waals surface area contributed by atoms with Crippen molar-refractivity contribution in [1.82, 2.24) is 0 Å². The monoisotopic (exact) mass is 209 g/mol. The second-order valence-electron chi connectivity index (χ2n) is 3.68. The third-order valence-electron chi connectivity index (χ3n) is 2.50. The molecule has 3 N–H and O–H groups in total. The highest BCUT2D eigenvalue weighted by Gasteiger charge is 2.08. The van der Waals surface area contributed by atoms with Gasteiger partial charge in [-0.25, -0.2) is 0 Å². The van der Waals surface area contributed by atoms with Crippen molar-refractivity contribution < 1.29 is 9.84 Å². The van der Waals surface area contributed by atoms with Gasteiger partial charge in [-0.1, -0.05) is 25.8 Å². The topological polar surface area (TPSA) is 55.5 Å². The van der Waals surface area contributed by atoms with Gasteiger partial charge in [0.15, 0.2) is 11.5 Å². The van der Waals surface area contributed by atoms with Crippen molar-refractivity contribution in [3.63, 3.8) is 0 Å². The molecule has 0 spiro atoms. The molecule has 1 aromatic rings. The summed E-state index contributed by atoms with van der Waals surface area (Å²) in [6.45, 7) is 2.14. The Morgan fingerprint density at radius 2 is 2.20 bits per heavy atom. The summed E-state index contributed by atoms with van der Waals surface area (Å²) in [5, 5.41) is 9.43. The normalized spacial score (nSPS) is 12.5. The summed E-state index contributed by atoms with van der Waals surface area (Å²) in [7, 11) is 1.54. The lowest BCUT2D eigenvalue weighted by Crippen LogP contribution is -2.09. The van der Waals surface area contributed by atoms with E-state index in [1.165, 1.54) is 7.11 Å². The van der Waals surface area contributed by atoms with Gasteiger partial charge in [0.05, 0.1) is 7.11 Å². The van der Waals surface area contributed by atoms with E-state index in [9.17, 15) is 5.11 Å². The highest BCUT2D eigenvalue weighted by molar-refractivity contribution is 5.42. The maximum absolute atomic E-state index is 9.43. The fourth-order valence-electron chi connectivity index (χ4n) is 1.52. The van der Waals surface area contributed by atoms with Crippen molar-refractivity contribution in [2.45, 2.75) is 32.2 Å². The van der Waals surface area contributed by atoms with Gasteiger partial charge in [0.2, 0.25) is 0 Å². The number of hydrogen-bond donors (Lipinski definition) is 2. The zero-order valence-electron chi connectivity index (χ0n) is 9.36. The Kier molecular flexibility index (Phi) is 4.43. The average Bonchev–Trinajstić information content (AvgIpc) is 2.26. The molecule has 0 aliphatic carbocycles. The van der Waals surface area contributed by atoms with Gasteiger partial charge in [-0.15, -0.1) is 0 Å². The van der Waals surface area contributed by atoms with E-state index < -0.39 is 0 Å². The molecule has 1 rings (SSSR count). The predicted molar refractivity (Wildman–Crippen MR) is 61.1 cm³/mol. The van der Waals surface area contributed by atoms with E-state index in [1.807, 2.05) is 6.07 Å². The highest BCUT2D eigenvalue weighted by atomic mass is 16.5. The molecule has 1 atom stereocenters. The Labute approximate surface area is 90.9 Å². The van der Waals surface area contributed by atoms with Gasteiger partial charge in [0.25, 0.3) is 0 Å². The summed E-state index contributed by atoms with van der Waals surface area (Å²) < 4.78 is 5.03. The molecule has 0 radical (unpaired) electrons. The van der Waals surface area contributed by atoms with Gasteiger partial charge in [-0.3, -0.25) is 0 Å². The number of ether oxygens (including phenoxy) is 1. The standard InChI is InChI=1S/C12H19NO2/c1-3-4-5-10(13)9-6-7-11(14)12(8-9)15-2/h6-8,10,14H,3-5,13H2,1-2H3/t10-/m1/s1. The first-order chi connectivity index (χ1) is 7.19. The van der Waals surface area contributed by atoms with Crippen LogP contribution in [-0.4, -0.2) is 12.2 Å². The van der Waals surface area contributed by atoms with Crippen LogP contribution in [-0.2, 0) is 0 Å². The van der Waals surface area contributed by atoms with E-state index in [1.54, 1.807) is 12.1 Å². The SMILES string of the molecule is CCCC[C@@H](N)c1ccc(O)c(OC)c1. The van der Waals surface area contributed by atoms with E-state index in [-0.39, 0.29) is 11.8 Å². The Hall–Kier alpha value is -1.22. The van der Waals surface area contributed by atoms with Crippen LogP contribution >= 0.6 is 0 Å². The van der Waals surface area contributed by atoms with Crippen molar-refractivity contribution in [2.24, 2.45) is 5.73 Å². The number of nitrogens with two attached hydrogens (primary N) is 1. The summed E-state index contributed by atoms with van der Waals surface area (Å²) in [5.74, 6) is 0.642. The average molecular weight is 209 g/mol. The first-order valence-corrected chi connectivity index (χ1v) is 5.31. The third-order valence-corrected chi connectivity index (χ3v) is 2.50. The van der Waals surface area contributed by atoms with Crippen LogP contribution in [0.4, 0.5) is 0 Å². The van der Waals surface area contributed by atoms with Gasteiger partial charge >= 0.3 is 0 Å². The van der Waals surface area contributed by atoms with Gasteiger partial charge in [-0.2, -0.15) is 0 Å². The second kappa shape index (κ2) is 5.61. The van der Waals surface area contributed by atoms with E-state index in [2.05, 4.69) is 6.92 Å². The van der Waals surface area contributed by atoms with Gasteiger partial charge in [0.1, 0.15) is 0 Å². The van der Waals surface area contributed by atoms with Crippen LogP contribution in [0.15, 0.2) is 18.2 Å². The zero-order chi connectivity index (χ0) is 11.3. The van der Waals surface area contributed by atoms with Crippen LogP contribution in [0.1, 0.15) is 37.8 Å². The minimum absolute atomic E-state index is 0.0273. The summed E-state index contributed by atoms with van der Waals surface area (Å²) in [5.41, 5.74) is 7.03. The molecule has 0 bridgehead atoms. The third kappa shape index (κ3) is 3.13. The van der Waals surface area contributed by atoms with E-state index in [4.69, 9.17) is 10.5 Å². The Morgan fingerprint density at radius 1 is 1.47 bits per heavy atom. The molecule has 15 heavy (non-hydrogen) atoms. The molecule has 0 heterocycles. The molecule has 0 aliphatic rings. The van der Waals surface area contributed by atoms with Gasteiger partial charge < -0.3 is 15.6 Å². The Morgan fingerprint density at radius 3 is 2.80 bits per heavy atom. The van der Waals surface area contributed by atoms with Crippen LogP contribution in [0.2, 0.25) is 0 Å². The lowest BCUT2D eigenvalue weighted by molar-refractivity contribution is 0.372. The van der Waals surface area contributed by atoms with Crippen molar-refractivity contribution in [3.05, 3.63) is 23.8 Å². The molecule has 0 unspecified atom stereocenters. The molecule has 1 aromatic carbocycles. The summed E-state index contributed by atoms with van der Waals surface area (Å²) in [6, 6.07) is 5.30. The number of methoxy groups -OCH3 is 1. The van der Waals surface area contributed by atoms with E-state index in [0.29, 0.717) is 5.75 Å². The number of aromatic hydroxyl groups is 1. The van der Waals surface area contributed by atoms with Crippen LogP contribution in [0.25, 0.3) is 0 Å². The fraction of sp³-hybridized carbons (Fsp3) is 0.500. The smallest absolute Gasteiger partial charge is 0.160 e. The maximum Gasteiger partial charge on any atom is 0.160 e. The molecule has 0 aromatic heterocycles. The van der Waals surface area contributed by atoms with Crippen molar-refractivity contribution in [3.8, 4) is 11.5 Å². The Bertz CT molecular complexity index is 312. The molecule has 3 nitrogen and oxygen atoms in total. The van der Waals surface area contributed by atoms with Crippen LogP contribution in [0.3, 0.4) is 0 Å². The number of phenols is 1. The summed E-state index contributed by atoms with van der Waals surface area (Å²) >= 11 is 0. The van der Waals surface area contributed by atoms with Crippen molar-refractivity contribution in [2.75, 3.05) is 7.11 Å². The van der Waals surface area contributed by atoms with Gasteiger partial charge in [0, 0.05) is 6.04 Å². The van der Waals surface area contributed by atoms with E-state index in [0.717, 1.165) is 24.8 Å². The lowest BCUT2D eigenvalue weighted by Gasteiger charge is -2.13. The molecule has 0 saturated carbocycles. The quantitative estimate of drug-likeness (QED) is 0.783. The number of hydrogen-bond acceptors (Lipinski definition) is 3. The number of phenolic OH excluding ortho intramolecular Hbond substituents is 1. The molecule has 84 valence electrons. The molecule has 0 saturated heterocycles. The molecule has 0 amide bonds. The summed E-state index contributed by atoms with van der Waals surface area (Å²) in [6.07, 6.45) is 3.22. The first kappa shape index (κ1) is 11.9. The number of unbranched alkanes of at least 4 members (excludes halogenated alkanes) is 1. The number of benzene rings is 1. The molecular formula is C12H19NO2. The largest absolute Gasteiger partial charge is 0.504 e. The molecule has 0 fully saturated rings. The van der Waals surface area contributed by atoms with Crippen LogP contribution in [0.5, 0.6) is 11.5 Å².